The maximum Gasteiger partial charge on any atom is 0.223 e. The van der Waals surface area contributed by atoms with Crippen LogP contribution in [0.15, 0.2) is 0 Å². The normalized spacial score (nSPS) is 11.4. The molecule has 0 rings (SSSR count). The van der Waals surface area contributed by atoms with Crippen molar-refractivity contribution in [2.24, 2.45) is 5.73 Å². The first-order valence-electron chi connectivity index (χ1n) is 4.26. The summed E-state index contributed by atoms with van der Waals surface area (Å²) >= 11 is 0. The van der Waals surface area contributed by atoms with E-state index in [1.807, 2.05) is 0 Å². The lowest BCUT2D eigenvalue weighted by atomic mass is 10.4. The molecular weight excluding hydrogens is 206 g/mol. The maximum absolute atomic E-state index is 11.1. The average molecular weight is 223 g/mol. The second kappa shape index (κ2) is 5.94. The number of nitrogens with one attached hydrogen (secondary N) is 1. The largest absolute Gasteiger partial charge is 0.349 e. The SMILES string of the molecule is CN(C)C(=O)CCNS(=O)(=O)CCN. The Hall–Kier alpha value is -0.660. The molecule has 0 fully saturated rings. The summed E-state index contributed by atoms with van der Waals surface area (Å²) < 4.78 is 24.4. The van der Waals surface area contributed by atoms with Gasteiger partial charge in [0.05, 0.1) is 5.75 Å². The summed E-state index contributed by atoms with van der Waals surface area (Å²) in [5, 5.41) is 0. The third-order valence-electron chi connectivity index (χ3n) is 1.55. The molecule has 1 amide bonds. The number of nitrogens with two attached hydrogens (primary N) is 1. The zero-order chi connectivity index (χ0) is 11.2. The van der Waals surface area contributed by atoms with Gasteiger partial charge in [-0.15, -0.1) is 0 Å². The molecule has 0 aromatic heterocycles. The number of carbonyl (C=O) groups excluding carboxylic acids is 1. The lowest BCUT2D eigenvalue weighted by Crippen LogP contribution is -2.33. The van der Waals surface area contributed by atoms with Crippen LogP contribution in [0.25, 0.3) is 0 Å². The van der Waals surface area contributed by atoms with Gasteiger partial charge in [-0.3, -0.25) is 4.79 Å². The van der Waals surface area contributed by atoms with E-state index in [2.05, 4.69) is 4.72 Å². The van der Waals surface area contributed by atoms with E-state index in [-0.39, 0.29) is 31.2 Å². The van der Waals surface area contributed by atoms with Crippen molar-refractivity contribution in [1.82, 2.24) is 9.62 Å². The van der Waals surface area contributed by atoms with Gasteiger partial charge >= 0.3 is 0 Å². The first-order chi connectivity index (χ1) is 6.39. The van der Waals surface area contributed by atoms with Crippen molar-refractivity contribution in [3.05, 3.63) is 0 Å². The Kier molecular flexibility index (Phi) is 5.66. The molecule has 7 heteroatoms. The van der Waals surface area contributed by atoms with Gasteiger partial charge in [0, 0.05) is 33.6 Å². The molecule has 0 aromatic carbocycles. The Balaban J connectivity index is 3.80. The number of carbonyl (C=O) groups is 1. The molecule has 0 bridgehead atoms. The predicted octanol–water partition coefficient (Wildman–Crippen LogP) is -1.66. The molecule has 14 heavy (non-hydrogen) atoms. The van der Waals surface area contributed by atoms with E-state index in [4.69, 9.17) is 5.73 Å². The first kappa shape index (κ1) is 13.3. The lowest BCUT2D eigenvalue weighted by molar-refractivity contribution is -0.128. The fourth-order valence-corrected chi connectivity index (χ4v) is 1.63. The van der Waals surface area contributed by atoms with Gasteiger partial charge in [-0.2, -0.15) is 0 Å². The first-order valence-corrected chi connectivity index (χ1v) is 5.92. The Morgan fingerprint density at radius 1 is 1.43 bits per heavy atom. The Morgan fingerprint density at radius 3 is 2.43 bits per heavy atom. The second-order valence-corrected chi connectivity index (χ2v) is 4.97. The predicted molar refractivity (Wildman–Crippen MR) is 54.2 cm³/mol. The Morgan fingerprint density at radius 2 is 2.00 bits per heavy atom. The van der Waals surface area contributed by atoms with E-state index in [0.29, 0.717) is 0 Å². The van der Waals surface area contributed by atoms with Crippen LogP contribution in [0.2, 0.25) is 0 Å². The average Bonchev–Trinajstić information content (AvgIpc) is 2.03. The van der Waals surface area contributed by atoms with E-state index in [9.17, 15) is 13.2 Å². The van der Waals surface area contributed by atoms with Crippen molar-refractivity contribution in [2.45, 2.75) is 6.42 Å². The van der Waals surface area contributed by atoms with Crippen molar-refractivity contribution in [3.63, 3.8) is 0 Å². The van der Waals surface area contributed by atoms with Crippen LogP contribution in [0.1, 0.15) is 6.42 Å². The molecule has 3 N–H and O–H groups in total. The van der Waals surface area contributed by atoms with Gasteiger partial charge in [-0.05, 0) is 0 Å². The van der Waals surface area contributed by atoms with Crippen LogP contribution in [0.5, 0.6) is 0 Å². The molecule has 0 aromatic rings. The highest BCUT2D eigenvalue weighted by molar-refractivity contribution is 7.89. The third kappa shape index (κ3) is 5.90. The Labute approximate surface area is 84.5 Å². The lowest BCUT2D eigenvalue weighted by Gasteiger charge is -2.10. The van der Waals surface area contributed by atoms with Crippen LogP contribution in [0.3, 0.4) is 0 Å². The molecule has 0 aliphatic carbocycles. The van der Waals surface area contributed by atoms with Crippen molar-refractivity contribution < 1.29 is 13.2 Å². The van der Waals surface area contributed by atoms with Gasteiger partial charge in [0.1, 0.15) is 0 Å². The van der Waals surface area contributed by atoms with E-state index in [1.54, 1.807) is 14.1 Å². The molecule has 0 radical (unpaired) electrons. The summed E-state index contributed by atoms with van der Waals surface area (Å²) in [6, 6.07) is 0. The molecular formula is C7H17N3O3S. The highest BCUT2D eigenvalue weighted by atomic mass is 32.2. The number of nitrogens with zero attached hydrogens (tertiary/aromatic N) is 1. The number of hydrogen-bond acceptors (Lipinski definition) is 4. The van der Waals surface area contributed by atoms with Gasteiger partial charge in [-0.1, -0.05) is 0 Å². The van der Waals surface area contributed by atoms with Gasteiger partial charge in [0.25, 0.3) is 0 Å². The molecule has 0 atom stereocenters. The molecule has 0 aliphatic rings. The van der Waals surface area contributed by atoms with Crippen molar-refractivity contribution >= 4 is 15.9 Å². The second-order valence-electron chi connectivity index (χ2n) is 3.04. The maximum atomic E-state index is 11.1. The number of amides is 1. The van der Waals surface area contributed by atoms with Crippen molar-refractivity contribution in [3.8, 4) is 0 Å². The fourth-order valence-electron chi connectivity index (χ4n) is 0.764. The number of hydrogen-bond donors (Lipinski definition) is 2. The molecule has 0 unspecified atom stereocenters. The minimum atomic E-state index is -3.30. The Bertz CT molecular complexity index is 274. The smallest absolute Gasteiger partial charge is 0.223 e. The molecule has 6 nitrogen and oxygen atoms in total. The third-order valence-corrected chi connectivity index (χ3v) is 2.96. The summed E-state index contributed by atoms with van der Waals surface area (Å²) in [4.78, 5) is 12.5. The minimum Gasteiger partial charge on any atom is -0.349 e. The van der Waals surface area contributed by atoms with Gasteiger partial charge in [-0.25, -0.2) is 13.1 Å². The van der Waals surface area contributed by atoms with Crippen LogP contribution in [-0.4, -0.2) is 52.2 Å². The highest BCUT2D eigenvalue weighted by Gasteiger charge is 2.09. The van der Waals surface area contributed by atoms with Gasteiger partial charge in [0.2, 0.25) is 15.9 Å². The van der Waals surface area contributed by atoms with E-state index >= 15 is 0 Å². The van der Waals surface area contributed by atoms with Gasteiger partial charge < -0.3 is 10.6 Å². The summed E-state index contributed by atoms with van der Waals surface area (Å²) in [5.74, 6) is -0.219. The van der Waals surface area contributed by atoms with E-state index < -0.39 is 10.0 Å². The quantitative estimate of drug-likeness (QED) is 0.564. The number of sulfonamides is 1. The van der Waals surface area contributed by atoms with Crippen LogP contribution >= 0.6 is 0 Å². The zero-order valence-corrected chi connectivity index (χ0v) is 9.30. The summed E-state index contributed by atoms with van der Waals surface area (Å²) in [6.07, 6.45) is 0.163. The molecule has 0 saturated carbocycles. The minimum absolute atomic E-state index is 0.0803. The topological polar surface area (TPSA) is 92.5 Å². The van der Waals surface area contributed by atoms with E-state index in [0.717, 1.165) is 0 Å². The van der Waals surface area contributed by atoms with Gasteiger partial charge in [0.15, 0.2) is 0 Å². The fraction of sp³-hybridized carbons (Fsp3) is 0.857. The van der Waals surface area contributed by atoms with Crippen LogP contribution in [0, 0.1) is 0 Å². The van der Waals surface area contributed by atoms with Crippen LogP contribution in [0.4, 0.5) is 0 Å². The highest BCUT2D eigenvalue weighted by Crippen LogP contribution is 1.87. The summed E-state index contributed by atoms with van der Waals surface area (Å²) in [6.45, 7) is 0.205. The molecule has 0 spiro atoms. The summed E-state index contributed by atoms with van der Waals surface area (Å²) in [5.41, 5.74) is 5.10. The molecule has 84 valence electrons. The molecule has 0 heterocycles. The number of rotatable bonds is 6. The van der Waals surface area contributed by atoms with Crippen molar-refractivity contribution in [1.29, 1.82) is 0 Å². The van der Waals surface area contributed by atoms with Crippen molar-refractivity contribution in [2.75, 3.05) is 32.9 Å². The van der Waals surface area contributed by atoms with E-state index in [1.165, 1.54) is 4.90 Å². The van der Waals surface area contributed by atoms with Crippen LogP contribution in [-0.2, 0) is 14.8 Å². The monoisotopic (exact) mass is 223 g/mol. The van der Waals surface area contributed by atoms with Crippen LogP contribution < -0.4 is 10.5 Å². The zero-order valence-electron chi connectivity index (χ0n) is 8.49. The molecule has 0 aliphatic heterocycles. The summed E-state index contributed by atoms with van der Waals surface area (Å²) in [7, 11) is -0.0553. The molecule has 0 saturated heterocycles. The standard InChI is InChI=1S/C7H17N3O3S/c1-10(2)7(11)3-5-9-14(12,13)6-4-8/h9H,3-6,8H2,1-2H3.